The van der Waals surface area contributed by atoms with Gasteiger partial charge >= 0.3 is 16.4 Å². The molecular weight excluding hydrogens is 444 g/mol. The van der Waals surface area contributed by atoms with Crippen LogP contribution in [0.1, 0.15) is 31.2 Å². The minimum absolute atomic E-state index is 0.266. The molecule has 1 aromatic rings. The Bertz CT molecular complexity index is 861. The molecule has 2 bridgehead atoms. The number of nitrogens with zero attached hydrogens (tertiary/aromatic N) is 2. The Kier molecular flexibility index (Phi) is 8.64. The quantitative estimate of drug-likeness (QED) is 0.204. The van der Waals surface area contributed by atoms with Gasteiger partial charge in [0.2, 0.25) is 6.41 Å². The van der Waals surface area contributed by atoms with Gasteiger partial charge in [-0.15, -0.1) is 4.28 Å². The summed E-state index contributed by atoms with van der Waals surface area (Å²) < 4.78 is 39.2. The van der Waals surface area contributed by atoms with E-state index in [4.69, 9.17) is 14.1 Å². The molecule has 3 aliphatic heterocycles. The predicted molar refractivity (Wildman–Crippen MR) is 111 cm³/mol. The fourth-order valence-corrected chi connectivity index (χ4v) is 4.13. The number of carbonyl (C=O) groups excluding carboxylic acids is 2. The summed E-state index contributed by atoms with van der Waals surface area (Å²) in [5.74, 6) is 0.857. The van der Waals surface area contributed by atoms with E-state index in [0.717, 1.165) is 29.3 Å². The van der Waals surface area contributed by atoms with Gasteiger partial charge in [0, 0.05) is 19.1 Å². The number of rotatable bonds is 9. The number of ether oxygens (including phenoxy) is 1. The third kappa shape index (κ3) is 7.31. The summed E-state index contributed by atoms with van der Waals surface area (Å²) in [4.78, 5) is 27.8. The molecule has 0 aliphatic carbocycles. The SMILES string of the molecule is O=C1N2CCCC(C2)N1OS(=O)(=O)O.O=CNOCc1ccc(OCC2CCCN2)cc1. The normalized spacial score (nSPS) is 22.3. The molecule has 3 aliphatic rings. The molecule has 0 radical (unpaired) electrons. The third-order valence-electron chi connectivity index (χ3n) is 5.27. The molecule has 2 unspecified atom stereocenters. The van der Waals surface area contributed by atoms with E-state index in [0.29, 0.717) is 45.2 Å². The van der Waals surface area contributed by atoms with Crippen molar-refractivity contribution < 1.29 is 36.4 Å². The maximum absolute atomic E-state index is 11.4. The Labute approximate surface area is 186 Å². The van der Waals surface area contributed by atoms with Crippen LogP contribution in [0.4, 0.5) is 4.79 Å². The second-order valence-corrected chi connectivity index (χ2v) is 8.63. The molecule has 0 aromatic heterocycles. The monoisotopic (exact) mass is 472 g/mol. The van der Waals surface area contributed by atoms with Gasteiger partial charge in [0.1, 0.15) is 12.4 Å². The summed E-state index contributed by atoms with van der Waals surface area (Å²) >= 11 is 0. The standard InChI is InChI=1S/C13H18N2O3.C6H10N2O5S/c16-10-15-18-8-11-3-5-13(6-4-11)17-9-12-2-1-7-14-12;9-6-7-3-1-2-5(4-7)8(6)13-14(10,11)12/h3-6,10,12,14H,1-2,7-9H2,(H,15,16);5H,1-4H2,(H,10,11,12). The van der Waals surface area contributed by atoms with E-state index in [1.54, 1.807) is 0 Å². The zero-order valence-electron chi connectivity index (χ0n) is 17.5. The van der Waals surface area contributed by atoms with E-state index in [9.17, 15) is 18.0 Å². The average molecular weight is 473 g/mol. The highest BCUT2D eigenvalue weighted by atomic mass is 32.3. The maximum atomic E-state index is 11.4. The van der Waals surface area contributed by atoms with Crippen molar-refractivity contribution in [2.75, 3.05) is 26.2 Å². The van der Waals surface area contributed by atoms with Gasteiger partial charge < -0.3 is 15.0 Å². The van der Waals surface area contributed by atoms with Crippen LogP contribution in [-0.2, 0) is 30.9 Å². The van der Waals surface area contributed by atoms with Crippen LogP contribution in [-0.4, -0.2) is 73.7 Å². The number of piperidine rings is 1. The molecule has 3 saturated heterocycles. The van der Waals surface area contributed by atoms with Crippen LogP contribution in [0, 0.1) is 0 Å². The lowest BCUT2D eigenvalue weighted by molar-refractivity contribution is -0.121. The Morgan fingerprint density at radius 3 is 2.62 bits per heavy atom. The number of hydroxylamine groups is 3. The average Bonchev–Trinajstić information content (AvgIpc) is 3.36. The van der Waals surface area contributed by atoms with Gasteiger partial charge in [0.15, 0.2) is 0 Å². The van der Waals surface area contributed by atoms with Gasteiger partial charge in [-0.1, -0.05) is 12.1 Å². The van der Waals surface area contributed by atoms with Crippen LogP contribution in [0.2, 0.25) is 0 Å². The van der Waals surface area contributed by atoms with Crippen LogP contribution in [0.5, 0.6) is 5.75 Å². The van der Waals surface area contributed by atoms with E-state index >= 15 is 0 Å². The molecule has 2 atom stereocenters. The Morgan fingerprint density at radius 2 is 2.00 bits per heavy atom. The number of amides is 3. The second kappa shape index (κ2) is 11.4. The molecule has 13 heteroatoms. The van der Waals surface area contributed by atoms with E-state index in [2.05, 4.69) is 15.1 Å². The first kappa shape index (κ1) is 24.2. The molecule has 4 rings (SSSR count). The van der Waals surface area contributed by atoms with Crippen LogP contribution in [0.15, 0.2) is 24.3 Å². The van der Waals surface area contributed by atoms with Crippen molar-refractivity contribution in [3.63, 3.8) is 0 Å². The van der Waals surface area contributed by atoms with Gasteiger partial charge in [0.25, 0.3) is 0 Å². The molecular formula is C19H28N4O8S. The first-order valence-corrected chi connectivity index (χ1v) is 11.7. The fourth-order valence-electron chi connectivity index (χ4n) is 3.75. The van der Waals surface area contributed by atoms with E-state index < -0.39 is 16.4 Å². The highest BCUT2D eigenvalue weighted by Crippen LogP contribution is 2.26. The summed E-state index contributed by atoms with van der Waals surface area (Å²) in [6.45, 7) is 3.23. The molecule has 12 nitrogen and oxygen atoms in total. The minimum atomic E-state index is -4.60. The zero-order valence-corrected chi connectivity index (χ0v) is 18.3. The van der Waals surface area contributed by atoms with Gasteiger partial charge in [-0.3, -0.25) is 14.2 Å². The summed E-state index contributed by atoms with van der Waals surface area (Å²) in [5.41, 5.74) is 3.14. The van der Waals surface area contributed by atoms with Crippen molar-refractivity contribution in [3.8, 4) is 5.75 Å². The first-order valence-electron chi connectivity index (χ1n) is 10.4. The predicted octanol–water partition coefficient (Wildman–Crippen LogP) is 0.616. The number of benzene rings is 1. The Morgan fingerprint density at radius 1 is 1.22 bits per heavy atom. The second-order valence-electron chi connectivity index (χ2n) is 7.63. The van der Waals surface area contributed by atoms with Crippen molar-refractivity contribution >= 4 is 22.8 Å². The van der Waals surface area contributed by atoms with Crippen molar-refractivity contribution in [1.82, 2.24) is 20.8 Å². The van der Waals surface area contributed by atoms with Gasteiger partial charge in [0.05, 0.1) is 12.6 Å². The smallest absolute Gasteiger partial charge is 0.418 e. The van der Waals surface area contributed by atoms with Crippen molar-refractivity contribution in [3.05, 3.63) is 29.8 Å². The number of hydrogen-bond acceptors (Lipinski definition) is 8. The van der Waals surface area contributed by atoms with E-state index in [1.807, 2.05) is 24.3 Å². The first-order chi connectivity index (χ1) is 15.4. The Hall–Kier alpha value is -2.45. The molecule has 3 amide bonds. The lowest BCUT2D eigenvalue weighted by atomic mass is 10.1. The fraction of sp³-hybridized carbons (Fsp3) is 0.579. The van der Waals surface area contributed by atoms with Crippen LogP contribution >= 0.6 is 0 Å². The van der Waals surface area contributed by atoms with Crippen LogP contribution in [0.3, 0.4) is 0 Å². The highest BCUT2D eigenvalue weighted by Gasteiger charge is 2.42. The van der Waals surface area contributed by atoms with E-state index in [-0.39, 0.29) is 6.04 Å². The molecule has 1 aromatic carbocycles. The number of nitrogens with one attached hydrogen (secondary N) is 2. The molecule has 0 saturated carbocycles. The molecule has 32 heavy (non-hydrogen) atoms. The summed E-state index contributed by atoms with van der Waals surface area (Å²) in [6, 6.07) is 7.38. The Balaban J connectivity index is 0.000000186. The topological polar surface area (TPSA) is 147 Å². The molecule has 3 N–H and O–H groups in total. The lowest BCUT2D eigenvalue weighted by Crippen LogP contribution is -2.35. The van der Waals surface area contributed by atoms with E-state index in [1.165, 1.54) is 17.7 Å². The maximum Gasteiger partial charge on any atom is 0.418 e. The molecule has 3 heterocycles. The van der Waals surface area contributed by atoms with Crippen molar-refractivity contribution in [1.29, 1.82) is 0 Å². The summed E-state index contributed by atoms with van der Waals surface area (Å²) in [7, 11) is -4.60. The number of hydrogen-bond donors (Lipinski definition) is 3. The van der Waals surface area contributed by atoms with Crippen LogP contribution < -0.4 is 15.5 Å². The summed E-state index contributed by atoms with van der Waals surface area (Å²) in [6.07, 6.45) is 4.43. The molecule has 178 valence electrons. The summed E-state index contributed by atoms with van der Waals surface area (Å²) in [5, 5.41) is 4.12. The molecule has 3 fully saturated rings. The van der Waals surface area contributed by atoms with Crippen LogP contribution in [0.25, 0.3) is 0 Å². The van der Waals surface area contributed by atoms with Crippen molar-refractivity contribution in [2.45, 2.75) is 44.4 Å². The largest absolute Gasteiger partial charge is 0.492 e. The molecule has 0 spiro atoms. The third-order valence-corrected chi connectivity index (χ3v) is 5.62. The number of fused-ring (bicyclic) bond motifs is 2. The lowest BCUT2D eigenvalue weighted by Gasteiger charge is -2.20. The van der Waals surface area contributed by atoms with Gasteiger partial charge in [-0.25, -0.2) is 10.3 Å². The minimum Gasteiger partial charge on any atom is -0.492 e. The van der Waals surface area contributed by atoms with Crippen molar-refractivity contribution in [2.24, 2.45) is 0 Å². The number of urea groups is 1. The van der Waals surface area contributed by atoms with Gasteiger partial charge in [-0.05, 0) is 49.9 Å². The zero-order chi connectivity index (χ0) is 23.0. The number of carbonyl (C=O) groups is 2. The highest BCUT2D eigenvalue weighted by molar-refractivity contribution is 7.80. The van der Waals surface area contributed by atoms with Gasteiger partial charge in [-0.2, -0.15) is 13.5 Å².